The number of hydrogen-bond donors (Lipinski definition) is 1. The number of amides is 2. The Labute approximate surface area is 150 Å². The Hall–Kier alpha value is -2.16. The summed E-state index contributed by atoms with van der Waals surface area (Å²) in [6.07, 6.45) is 0. The lowest BCUT2D eigenvalue weighted by molar-refractivity contribution is 0.0110. The molecule has 1 unspecified atom stereocenters. The average molecular weight is 367 g/mol. The van der Waals surface area contributed by atoms with E-state index in [-0.39, 0.29) is 12.6 Å². The van der Waals surface area contributed by atoms with E-state index < -0.39 is 6.04 Å². The Morgan fingerprint density at radius 1 is 1.52 bits per heavy atom. The fourth-order valence-corrected chi connectivity index (χ4v) is 2.69. The van der Waals surface area contributed by atoms with E-state index in [1.807, 2.05) is 13.0 Å². The van der Waals surface area contributed by atoms with Crippen LogP contribution < -0.4 is 5.32 Å². The monoisotopic (exact) mass is 366 g/mol. The molecule has 1 N–H and O–H groups in total. The molecule has 3 rings (SSSR count). The molecule has 2 heterocycles. The van der Waals surface area contributed by atoms with E-state index in [1.54, 1.807) is 24.1 Å². The molecule has 0 bridgehead atoms. The average Bonchev–Trinajstić information content (AvgIpc) is 3.07. The van der Waals surface area contributed by atoms with Crippen molar-refractivity contribution in [2.24, 2.45) is 0 Å². The fourth-order valence-electron chi connectivity index (χ4n) is 2.51. The van der Waals surface area contributed by atoms with E-state index in [2.05, 4.69) is 15.5 Å². The Morgan fingerprint density at radius 2 is 2.36 bits per heavy atom. The molecule has 134 valence electrons. The molecule has 1 fully saturated rings. The number of methoxy groups -OCH3 is 1. The molecular weight excluding hydrogens is 348 g/mol. The van der Waals surface area contributed by atoms with Gasteiger partial charge >= 0.3 is 6.03 Å². The smallest absolute Gasteiger partial charge is 0.322 e. The summed E-state index contributed by atoms with van der Waals surface area (Å²) in [4.78, 5) is 18.6. The van der Waals surface area contributed by atoms with Crippen LogP contribution in [0.25, 0.3) is 0 Å². The number of rotatable bonds is 4. The van der Waals surface area contributed by atoms with Gasteiger partial charge in [-0.05, 0) is 24.6 Å². The van der Waals surface area contributed by atoms with Crippen LogP contribution in [0.3, 0.4) is 0 Å². The first kappa shape index (κ1) is 17.7. The number of benzene rings is 1. The molecule has 0 aliphatic carbocycles. The molecule has 1 aromatic carbocycles. The number of ether oxygens (including phenoxy) is 2. The van der Waals surface area contributed by atoms with Gasteiger partial charge in [0, 0.05) is 24.4 Å². The molecule has 1 aliphatic heterocycles. The van der Waals surface area contributed by atoms with E-state index in [4.69, 9.17) is 25.6 Å². The van der Waals surface area contributed by atoms with Gasteiger partial charge in [-0.15, -0.1) is 0 Å². The third kappa shape index (κ3) is 4.09. The highest BCUT2D eigenvalue weighted by atomic mass is 35.5. The predicted molar refractivity (Wildman–Crippen MR) is 90.5 cm³/mol. The minimum absolute atomic E-state index is 0.217. The molecule has 8 nitrogen and oxygen atoms in total. The normalized spacial score (nSPS) is 17.6. The summed E-state index contributed by atoms with van der Waals surface area (Å²) < 4.78 is 15.6. The summed E-state index contributed by atoms with van der Waals surface area (Å²) >= 11 is 6.11. The second-order valence-corrected chi connectivity index (χ2v) is 6.06. The van der Waals surface area contributed by atoms with Gasteiger partial charge in [-0.25, -0.2) is 4.79 Å². The van der Waals surface area contributed by atoms with Crippen molar-refractivity contribution in [1.29, 1.82) is 0 Å². The van der Waals surface area contributed by atoms with Gasteiger partial charge in [0.2, 0.25) is 0 Å². The van der Waals surface area contributed by atoms with Crippen LogP contribution >= 0.6 is 11.6 Å². The van der Waals surface area contributed by atoms with Crippen LogP contribution in [0.15, 0.2) is 22.7 Å². The van der Waals surface area contributed by atoms with Crippen LogP contribution in [0.2, 0.25) is 5.02 Å². The predicted octanol–water partition coefficient (Wildman–Crippen LogP) is 2.78. The second kappa shape index (κ2) is 7.81. The van der Waals surface area contributed by atoms with Gasteiger partial charge in [0.15, 0.2) is 5.82 Å². The third-order valence-electron chi connectivity index (χ3n) is 3.86. The van der Waals surface area contributed by atoms with Crippen molar-refractivity contribution in [3.05, 3.63) is 40.5 Å². The molecule has 0 saturated carbocycles. The van der Waals surface area contributed by atoms with Gasteiger partial charge in [0.25, 0.3) is 5.89 Å². The number of aromatic nitrogens is 2. The largest absolute Gasteiger partial charge is 0.377 e. The maximum Gasteiger partial charge on any atom is 0.322 e. The number of hydrogen-bond acceptors (Lipinski definition) is 6. The zero-order chi connectivity index (χ0) is 17.8. The highest BCUT2D eigenvalue weighted by molar-refractivity contribution is 6.31. The van der Waals surface area contributed by atoms with Crippen molar-refractivity contribution in [3.8, 4) is 0 Å². The topological polar surface area (TPSA) is 89.7 Å². The number of nitrogens with zero attached hydrogens (tertiary/aromatic N) is 3. The van der Waals surface area contributed by atoms with Crippen LogP contribution in [-0.2, 0) is 16.1 Å². The number of anilines is 1. The molecule has 1 atom stereocenters. The number of urea groups is 1. The maximum atomic E-state index is 12.7. The van der Waals surface area contributed by atoms with Gasteiger partial charge in [0.1, 0.15) is 12.6 Å². The summed E-state index contributed by atoms with van der Waals surface area (Å²) in [6, 6.07) is 4.68. The van der Waals surface area contributed by atoms with Gasteiger partial charge in [-0.3, -0.25) is 0 Å². The van der Waals surface area contributed by atoms with E-state index in [0.717, 1.165) is 5.56 Å². The van der Waals surface area contributed by atoms with Gasteiger partial charge < -0.3 is 24.2 Å². The molecule has 2 amide bonds. The molecule has 0 spiro atoms. The maximum absolute atomic E-state index is 12.7. The minimum Gasteiger partial charge on any atom is -0.377 e. The highest BCUT2D eigenvalue weighted by Gasteiger charge is 2.32. The SMILES string of the molecule is COCc1nc(C2COCCN2C(=O)Nc2ccc(C)c(Cl)c2)no1. The lowest BCUT2D eigenvalue weighted by atomic mass is 10.2. The molecule has 1 saturated heterocycles. The summed E-state index contributed by atoms with van der Waals surface area (Å²) in [5.41, 5.74) is 1.57. The molecule has 9 heteroatoms. The minimum atomic E-state index is -0.427. The van der Waals surface area contributed by atoms with Crippen LogP contribution in [0.4, 0.5) is 10.5 Å². The Bertz CT molecular complexity index is 751. The van der Waals surface area contributed by atoms with E-state index in [0.29, 0.717) is 42.2 Å². The Morgan fingerprint density at radius 3 is 3.12 bits per heavy atom. The molecule has 1 aromatic heterocycles. The van der Waals surface area contributed by atoms with Gasteiger partial charge in [-0.1, -0.05) is 22.8 Å². The number of nitrogens with one attached hydrogen (secondary N) is 1. The number of morpholine rings is 1. The highest BCUT2D eigenvalue weighted by Crippen LogP contribution is 2.25. The van der Waals surface area contributed by atoms with Crippen molar-refractivity contribution < 1.29 is 18.8 Å². The molecule has 2 aromatic rings. The zero-order valence-electron chi connectivity index (χ0n) is 14.0. The zero-order valence-corrected chi connectivity index (χ0v) is 14.7. The van der Waals surface area contributed by atoms with E-state index in [9.17, 15) is 4.79 Å². The molecule has 25 heavy (non-hydrogen) atoms. The van der Waals surface area contributed by atoms with Crippen LogP contribution in [0.1, 0.15) is 23.3 Å². The van der Waals surface area contributed by atoms with Gasteiger partial charge in [0.05, 0.1) is 13.2 Å². The van der Waals surface area contributed by atoms with Crippen molar-refractivity contribution in [3.63, 3.8) is 0 Å². The summed E-state index contributed by atoms with van der Waals surface area (Å²) in [5, 5.41) is 7.38. The number of halogens is 1. The summed E-state index contributed by atoms with van der Waals surface area (Å²) in [6.45, 7) is 3.29. The number of aryl methyl sites for hydroxylation is 1. The first-order chi connectivity index (χ1) is 12.1. The second-order valence-electron chi connectivity index (χ2n) is 5.66. The van der Waals surface area contributed by atoms with Gasteiger partial charge in [-0.2, -0.15) is 4.98 Å². The van der Waals surface area contributed by atoms with E-state index >= 15 is 0 Å². The molecule has 1 aliphatic rings. The fraction of sp³-hybridized carbons (Fsp3) is 0.438. The van der Waals surface area contributed by atoms with Crippen LogP contribution in [0.5, 0.6) is 0 Å². The van der Waals surface area contributed by atoms with E-state index in [1.165, 1.54) is 0 Å². The lowest BCUT2D eigenvalue weighted by Gasteiger charge is -2.33. The third-order valence-corrected chi connectivity index (χ3v) is 4.27. The van der Waals surface area contributed by atoms with Crippen molar-refractivity contribution in [2.45, 2.75) is 19.6 Å². The number of carbonyl (C=O) groups is 1. The van der Waals surface area contributed by atoms with Crippen molar-refractivity contribution >= 4 is 23.3 Å². The summed E-state index contributed by atoms with van der Waals surface area (Å²) in [5.74, 6) is 0.748. The Kier molecular flexibility index (Phi) is 5.52. The number of carbonyl (C=O) groups excluding carboxylic acids is 1. The van der Waals surface area contributed by atoms with Crippen LogP contribution in [-0.4, -0.2) is 47.9 Å². The van der Waals surface area contributed by atoms with Crippen LogP contribution in [0, 0.1) is 6.92 Å². The summed E-state index contributed by atoms with van der Waals surface area (Å²) in [7, 11) is 1.54. The Balaban J connectivity index is 1.74. The first-order valence-corrected chi connectivity index (χ1v) is 8.19. The molecule has 0 radical (unpaired) electrons. The quantitative estimate of drug-likeness (QED) is 0.894. The molecular formula is C16H19ClN4O4. The van der Waals surface area contributed by atoms with Crippen molar-refractivity contribution in [2.75, 3.05) is 32.2 Å². The standard InChI is InChI=1S/C16H19ClN4O4/c1-10-3-4-11(7-12(10)17)18-16(22)21-5-6-24-8-13(21)15-19-14(9-23-2)25-20-15/h3-4,7,13H,5-6,8-9H2,1-2H3,(H,18,22). The lowest BCUT2D eigenvalue weighted by Crippen LogP contribution is -2.45. The first-order valence-electron chi connectivity index (χ1n) is 7.81. The van der Waals surface area contributed by atoms with Crippen molar-refractivity contribution in [1.82, 2.24) is 15.0 Å².